The zero-order chi connectivity index (χ0) is 10.2. The van der Waals surface area contributed by atoms with E-state index in [1.165, 1.54) is 12.3 Å². The van der Waals surface area contributed by atoms with Crippen LogP contribution in [0.3, 0.4) is 0 Å². The van der Waals surface area contributed by atoms with E-state index in [0.717, 1.165) is 22.6 Å². The molecule has 1 aromatic heterocycles. The van der Waals surface area contributed by atoms with Gasteiger partial charge in [0.25, 0.3) is 0 Å². The lowest BCUT2D eigenvalue weighted by atomic mass is 10.2. The van der Waals surface area contributed by atoms with E-state index in [1.54, 1.807) is 11.8 Å². The van der Waals surface area contributed by atoms with E-state index >= 15 is 0 Å². The molecule has 0 atom stereocenters. The number of hydrogen-bond acceptors (Lipinski definition) is 3. The van der Waals surface area contributed by atoms with Crippen molar-refractivity contribution >= 4 is 11.8 Å². The summed E-state index contributed by atoms with van der Waals surface area (Å²) in [5, 5.41) is 0. The lowest BCUT2D eigenvalue weighted by molar-refractivity contribution is -0.276. The second kappa shape index (κ2) is 3.34. The standard InChI is InChI=1S/C8H6F3NOS/c9-8(10,11)13-7-1-5-3-14-4-6(5)2-12-7/h1-2H,3-4H2. The van der Waals surface area contributed by atoms with Gasteiger partial charge in [0, 0.05) is 23.8 Å². The van der Waals surface area contributed by atoms with Crippen molar-refractivity contribution in [3.8, 4) is 5.88 Å². The molecule has 1 aliphatic rings. The molecule has 0 spiro atoms. The van der Waals surface area contributed by atoms with Gasteiger partial charge in [0.05, 0.1) is 0 Å². The molecule has 0 unspecified atom stereocenters. The number of nitrogens with zero attached hydrogens (tertiary/aromatic N) is 1. The van der Waals surface area contributed by atoms with E-state index in [4.69, 9.17) is 0 Å². The molecule has 0 bridgehead atoms. The molecule has 2 rings (SSSR count). The van der Waals surface area contributed by atoms with E-state index in [9.17, 15) is 13.2 Å². The van der Waals surface area contributed by atoms with Gasteiger partial charge in [0.1, 0.15) is 0 Å². The first-order valence-electron chi connectivity index (χ1n) is 3.86. The normalized spacial score (nSPS) is 15.4. The second-order valence-electron chi connectivity index (χ2n) is 2.83. The molecule has 1 aliphatic heterocycles. The molecule has 14 heavy (non-hydrogen) atoms. The average molecular weight is 221 g/mol. The van der Waals surface area contributed by atoms with Crippen molar-refractivity contribution in [3.05, 3.63) is 23.4 Å². The smallest absolute Gasteiger partial charge is 0.388 e. The Morgan fingerprint density at radius 1 is 1.29 bits per heavy atom. The zero-order valence-corrected chi connectivity index (χ0v) is 7.78. The fraction of sp³-hybridized carbons (Fsp3) is 0.375. The molecule has 0 aliphatic carbocycles. The van der Waals surface area contributed by atoms with Gasteiger partial charge in [0.15, 0.2) is 0 Å². The Balaban J connectivity index is 2.21. The van der Waals surface area contributed by atoms with Gasteiger partial charge in [-0.3, -0.25) is 0 Å². The Morgan fingerprint density at radius 2 is 2.00 bits per heavy atom. The molecule has 6 heteroatoms. The minimum Gasteiger partial charge on any atom is -0.388 e. The van der Waals surface area contributed by atoms with Gasteiger partial charge in [-0.25, -0.2) is 4.98 Å². The fourth-order valence-electron chi connectivity index (χ4n) is 1.21. The van der Waals surface area contributed by atoms with E-state index in [1.807, 2.05) is 0 Å². The summed E-state index contributed by atoms with van der Waals surface area (Å²) in [5.41, 5.74) is 1.87. The monoisotopic (exact) mass is 221 g/mol. The highest BCUT2D eigenvalue weighted by Crippen LogP contribution is 2.32. The highest BCUT2D eigenvalue weighted by Gasteiger charge is 2.32. The summed E-state index contributed by atoms with van der Waals surface area (Å²) < 4.78 is 39.2. The van der Waals surface area contributed by atoms with Crippen molar-refractivity contribution in [2.45, 2.75) is 17.9 Å². The van der Waals surface area contributed by atoms with Crippen molar-refractivity contribution in [1.29, 1.82) is 0 Å². The van der Waals surface area contributed by atoms with Crippen LogP contribution in [0.5, 0.6) is 5.88 Å². The van der Waals surface area contributed by atoms with E-state index in [-0.39, 0.29) is 5.88 Å². The minimum absolute atomic E-state index is 0.376. The molecule has 0 aromatic carbocycles. The average Bonchev–Trinajstić information content (AvgIpc) is 2.47. The van der Waals surface area contributed by atoms with Gasteiger partial charge in [-0.15, -0.1) is 13.2 Å². The highest BCUT2D eigenvalue weighted by molar-refractivity contribution is 7.98. The molecule has 0 saturated heterocycles. The number of fused-ring (bicyclic) bond motifs is 1. The summed E-state index contributed by atoms with van der Waals surface area (Å²) in [6, 6.07) is 1.35. The number of halogens is 3. The maximum absolute atomic E-state index is 11.8. The molecule has 0 radical (unpaired) electrons. The number of aromatic nitrogens is 1. The van der Waals surface area contributed by atoms with Crippen LogP contribution in [-0.2, 0) is 11.5 Å². The zero-order valence-electron chi connectivity index (χ0n) is 6.97. The molecule has 0 saturated carbocycles. The van der Waals surface area contributed by atoms with Gasteiger partial charge in [-0.2, -0.15) is 11.8 Å². The molecule has 1 aromatic rings. The van der Waals surface area contributed by atoms with Crippen LogP contribution in [0.2, 0.25) is 0 Å². The van der Waals surface area contributed by atoms with Gasteiger partial charge in [-0.05, 0) is 11.1 Å². The lowest BCUT2D eigenvalue weighted by Crippen LogP contribution is -2.18. The first-order chi connectivity index (χ1) is 6.54. The first-order valence-corrected chi connectivity index (χ1v) is 5.01. The second-order valence-corrected chi connectivity index (χ2v) is 3.82. The van der Waals surface area contributed by atoms with Crippen LogP contribution in [0, 0.1) is 0 Å². The largest absolute Gasteiger partial charge is 0.574 e. The van der Waals surface area contributed by atoms with Crippen LogP contribution in [0.15, 0.2) is 12.3 Å². The van der Waals surface area contributed by atoms with Crippen LogP contribution in [0.4, 0.5) is 13.2 Å². The van der Waals surface area contributed by atoms with E-state index < -0.39 is 6.36 Å². The maximum atomic E-state index is 11.8. The van der Waals surface area contributed by atoms with E-state index in [0.29, 0.717) is 0 Å². The Labute approximate surface area is 82.5 Å². The van der Waals surface area contributed by atoms with Crippen LogP contribution < -0.4 is 4.74 Å². The van der Waals surface area contributed by atoms with Gasteiger partial charge < -0.3 is 4.74 Å². The van der Waals surface area contributed by atoms with E-state index in [2.05, 4.69) is 9.72 Å². The molecule has 0 N–H and O–H groups in total. The van der Waals surface area contributed by atoms with Crippen molar-refractivity contribution in [1.82, 2.24) is 4.98 Å². The summed E-state index contributed by atoms with van der Waals surface area (Å²) in [5.74, 6) is 1.17. The molecule has 2 heterocycles. The Bertz CT molecular complexity index is 353. The van der Waals surface area contributed by atoms with Crippen molar-refractivity contribution in [3.63, 3.8) is 0 Å². The summed E-state index contributed by atoms with van der Waals surface area (Å²) in [6.45, 7) is 0. The minimum atomic E-state index is -4.66. The molecule has 0 amide bonds. The third kappa shape index (κ3) is 2.12. The maximum Gasteiger partial charge on any atom is 0.574 e. The Hall–Kier alpha value is -0.910. The number of hydrogen-bond donors (Lipinski definition) is 0. The third-order valence-corrected chi connectivity index (χ3v) is 2.82. The molecule has 2 nitrogen and oxygen atoms in total. The molecular weight excluding hydrogens is 215 g/mol. The van der Waals surface area contributed by atoms with Crippen LogP contribution >= 0.6 is 11.8 Å². The quantitative estimate of drug-likeness (QED) is 0.728. The number of ether oxygens (including phenoxy) is 1. The number of alkyl halides is 3. The summed E-state index contributed by atoms with van der Waals surface area (Å²) in [7, 11) is 0. The first kappa shape index (κ1) is 9.64. The lowest BCUT2D eigenvalue weighted by Gasteiger charge is -2.08. The Kier molecular flexibility index (Phi) is 2.30. The van der Waals surface area contributed by atoms with Crippen LogP contribution in [-0.4, -0.2) is 11.3 Å². The SMILES string of the molecule is FC(F)(F)Oc1cc2c(cn1)CSC2. The van der Waals surface area contributed by atoms with Crippen LogP contribution in [0.1, 0.15) is 11.1 Å². The molecule has 76 valence electrons. The van der Waals surface area contributed by atoms with Crippen molar-refractivity contribution < 1.29 is 17.9 Å². The van der Waals surface area contributed by atoms with Gasteiger partial charge in [0.2, 0.25) is 5.88 Å². The third-order valence-electron chi connectivity index (χ3n) is 1.79. The predicted molar refractivity (Wildman–Crippen MR) is 45.9 cm³/mol. The van der Waals surface area contributed by atoms with Crippen molar-refractivity contribution in [2.24, 2.45) is 0 Å². The van der Waals surface area contributed by atoms with Gasteiger partial charge in [-0.1, -0.05) is 0 Å². The fourth-order valence-corrected chi connectivity index (χ4v) is 2.28. The molecule has 0 fully saturated rings. The van der Waals surface area contributed by atoms with Crippen molar-refractivity contribution in [2.75, 3.05) is 0 Å². The number of rotatable bonds is 1. The summed E-state index contributed by atoms with van der Waals surface area (Å²) in [6.07, 6.45) is -3.22. The topological polar surface area (TPSA) is 22.1 Å². The summed E-state index contributed by atoms with van der Waals surface area (Å²) in [4.78, 5) is 3.58. The highest BCUT2D eigenvalue weighted by atomic mass is 32.2. The number of thioether (sulfide) groups is 1. The van der Waals surface area contributed by atoms with Gasteiger partial charge >= 0.3 is 6.36 Å². The molecular formula is C8H6F3NOS. The predicted octanol–water partition coefficient (Wildman–Crippen LogP) is 2.73. The Morgan fingerprint density at radius 3 is 2.71 bits per heavy atom. The number of pyridine rings is 1. The summed E-state index contributed by atoms with van der Waals surface area (Å²) >= 11 is 1.65. The van der Waals surface area contributed by atoms with Crippen LogP contribution in [0.25, 0.3) is 0 Å².